The van der Waals surface area contributed by atoms with Crippen LogP contribution in [-0.2, 0) is 6.42 Å². The molecule has 0 radical (unpaired) electrons. The van der Waals surface area contributed by atoms with Crippen molar-refractivity contribution in [2.45, 2.75) is 12.8 Å². The number of halogens is 2. The molecule has 0 aliphatic carbocycles. The second-order valence-corrected chi connectivity index (χ2v) is 6.68. The van der Waals surface area contributed by atoms with Crippen molar-refractivity contribution in [1.82, 2.24) is 4.98 Å². The van der Waals surface area contributed by atoms with E-state index in [0.717, 1.165) is 26.4 Å². The van der Waals surface area contributed by atoms with Gasteiger partial charge in [0.1, 0.15) is 0 Å². The quantitative estimate of drug-likeness (QED) is 0.569. The Bertz CT molecular complexity index is 807. The SMILES string of the molecule is O=C(CCc1c[nH]c2ccc(Br)cc12)c1ccccc1Br. The van der Waals surface area contributed by atoms with Crippen LogP contribution in [0.5, 0.6) is 0 Å². The molecule has 106 valence electrons. The maximum Gasteiger partial charge on any atom is 0.164 e. The molecule has 0 unspecified atom stereocenters. The predicted octanol–water partition coefficient (Wildman–Crippen LogP) is 5.51. The Labute approximate surface area is 139 Å². The highest BCUT2D eigenvalue weighted by atomic mass is 79.9. The van der Waals surface area contributed by atoms with Gasteiger partial charge in [0, 0.05) is 38.0 Å². The minimum Gasteiger partial charge on any atom is -0.361 e. The first-order valence-corrected chi connectivity index (χ1v) is 8.27. The van der Waals surface area contributed by atoms with Crippen molar-refractivity contribution < 1.29 is 4.79 Å². The molecule has 0 saturated heterocycles. The number of hydrogen-bond acceptors (Lipinski definition) is 1. The second kappa shape index (κ2) is 6.16. The number of hydrogen-bond donors (Lipinski definition) is 1. The van der Waals surface area contributed by atoms with Gasteiger partial charge in [0.15, 0.2) is 5.78 Å². The van der Waals surface area contributed by atoms with E-state index in [1.54, 1.807) is 0 Å². The molecular formula is C17H13Br2NO. The standard InChI is InChI=1S/C17H13Br2NO/c18-12-6-7-16-14(9-12)11(10-20-16)5-8-17(21)13-3-1-2-4-15(13)19/h1-4,6-7,9-10,20H,5,8H2. The van der Waals surface area contributed by atoms with Crippen molar-refractivity contribution in [3.05, 3.63) is 68.7 Å². The van der Waals surface area contributed by atoms with Gasteiger partial charge in [0.2, 0.25) is 0 Å². The average molecular weight is 407 g/mol. The van der Waals surface area contributed by atoms with E-state index in [2.05, 4.69) is 42.9 Å². The number of rotatable bonds is 4. The van der Waals surface area contributed by atoms with E-state index >= 15 is 0 Å². The lowest BCUT2D eigenvalue weighted by molar-refractivity contribution is 0.0982. The van der Waals surface area contributed by atoms with Gasteiger partial charge in [-0.25, -0.2) is 0 Å². The fourth-order valence-corrected chi connectivity index (χ4v) is 3.29. The molecule has 2 nitrogen and oxygen atoms in total. The van der Waals surface area contributed by atoms with Gasteiger partial charge in [0.25, 0.3) is 0 Å². The first-order valence-electron chi connectivity index (χ1n) is 6.68. The number of aromatic nitrogens is 1. The molecule has 3 aromatic rings. The summed E-state index contributed by atoms with van der Waals surface area (Å²) in [5, 5.41) is 1.17. The lowest BCUT2D eigenvalue weighted by atomic mass is 10.0. The molecule has 0 aliphatic rings. The minimum absolute atomic E-state index is 0.159. The molecule has 2 aromatic carbocycles. The van der Waals surface area contributed by atoms with Gasteiger partial charge in [-0.3, -0.25) is 4.79 Å². The van der Waals surface area contributed by atoms with Crippen molar-refractivity contribution in [3.8, 4) is 0 Å². The zero-order valence-electron chi connectivity index (χ0n) is 11.2. The zero-order chi connectivity index (χ0) is 14.8. The summed E-state index contributed by atoms with van der Waals surface area (Å²) in [4.78, 5) is 15.6. The molecular weight excluding hydrogens is 394 g/mol. The van der Waals surface area contributed by atoms with E-state index in [4.69, 9.17) is 0 Å². The largest absolute Gasteiger partial charge is 0.361 e. The van der Waals surface area contributed by atoms with Crippen molar-refractivity contribution in [1.29, 1.82) is 0 Å². The topological polar surface area (TPSA) is 32.9 Å². The smallest absolute Gasteiger partial charge is 0.164 e. The fraction of sp³-hybridized carbons (Fsp3) is 0.118. The minimum atomic E-state index is 0.159. The third-order valence-corrected chi connectivity index (χ3v) is 4.71. The summed E-state index contributed by atoms with van der Waals surface area (Å²) in [6.45, 7) is 0. The van der Waals surface area contributed by atoms with Crippen molar-refractivity contribution >= 4 is 48.5 Å². The molecule has 0 fully saturated rings. The first-order chi connectivity index (χ1) is 10.1. The van der Waals surface area contributed by atoms with Gasteiger partial charge in [-0.2, -0.15) is 0 Å². The van der Waals surface area contributed by atoms with Crippen LogP contribution in [0, 0.1) is 0 Å². The Balaban J connectivity index is 1.79. The van der Waals surface area contributed by atoms with Crippen molar-refractivity contribution in [2.24, 2.45) is 0 Å². The molecule has 0 aliphatic heterocycles. The first kappa shape index (κ1) is 14.5. The van der Waals surface area contributed by atoms with E-state index in [1.807, 2.05) is 42.6 Å². The van der Waals surface area contributed by atoms with Crippen molar-refractivity contribution in [2.75, 3.05) is 0 Å². The zero-order valence-corrected chi connectivity index (χ0v) is 14.4. The number of carbonyl (C=O) groups excluding carboxylic acids is 1. The van der Waals surface area contributed by atoms with Gasteiger partial charge in [0.05, 0.1) is 0 Å². The highest BCUT2D eigenvalue weighted by molar-refractivity contribution is 9.10. The Hall–Kier alpha value is -1.39. The molecule has 0 bridgehead atoms. The molecule has 4 heteroatoms. The summed E-state index contributed by atoms with van der Waals surface area (Å²) in [6.07, 6.45) is 3.23. The molecule has 0 saturated carbocycles. The summed E-state index contributed by atoms with van der Waals surface area (Å²) >= 11 is 6.92. The number of H-pyrrole nitrogens is 1. The van der Waals surface area contributed by atoms with Crippen LogP contribution in [0.3, 0.4) is 0 Å². The van der Waals surface area contributed by atoms with Crippen LogP contribution in [0.4, 0.5) is 0 Å². The lowest BCUT2D eigenvalue weighted by Gasteiger charge is -2.03. The Morgan fingerprint density at radius 1 is 1.10 bits per heavy atom. The highest BCUT2D eigenvalue weighted by Crippen LogP contribution is 2.25. The summed E-state index contributed by atoms with van der Waals surface area (Å²) in [5.41, 5.74) is 3.02. The second-order valence-electron chi connectivity index (χ2n) is 4.91. The van der Waals surface area contributed by atoms with E-state index in [1.165, 1.54) is 10.9 Å². The van der Waals surface area contributed by atoms with Crippen LogP contribution < -0.4 is 0 Å². The number of fused-ring (bicyclic) bond motifs is 1. The summed E-state index contributed by atoms with van der Waals surface area (Å²) in [5.74, 6) is 0.159. The monoisotopic (exact) mass is 405 g/mol. The van der Waals surface area contributed by atoms with Crippen LogP contribution >= 0.6 is 31.9 Å². The van der Waals surface area contributed by atoms with Crippen LogP contribution in [-0.4, -0.2) is 10.8 Å². The van der Waals surface area contributed by atoms with E-state index in [-0.39, 0.29) is 5.78 Å². The number of nitrogens with one attached hydrogen (secondary N) is 1. The highest BCUT2D eigenvalue weighted by Gasteiger charge is 2.11. The maximum absolute atomic E-state index is 12.3. The number of benzene rings is 2. The van der Waals surface area contributed by atoms with Gasteiger partial charge < -0.3 is 4.98 Å². The molecule has 0 atom stereocenters. The van der Waals surface area contributed by atoms with Gasteiger partial charge >= 0.3 is 0 Å². The van der Waals surface area contributed by atoms with E-state index < -0.39 is 0 Å². The average Bonchev–Trinajstić information content (AvgIpc) is 2.87. The van der Waals surface area contributed by atoms with Crippen LogP contribution in [0.1, 0.15) is 22.3 Å². The van der Waals surface area contributed by atoms with Crippen LogP contribution in [0.15, 0.2) is 57.6 Å². The number of ketones is 1. The number of aromatic amines is 1. The number of aryl methyl sites for hydroxylation is 1. The van der Waals surface area contributed by atoms with E-state index in [0.29, 0.717) is 6.42 Å². The lowest BCUT2D eigenvalue weighted by Crippen LogP contribution is -2.01. The molecule has 0 amide bonds. The number of carbonyl (C=O) groups is 1. The predicted molar refractivity (Wildman–Crippen MR) is 92.8 cm³/mol. The molecule has 0 spiro atoms. The van der Waals surface area contributed by atoms with E-state index in [9.17, 15) is 4.79 Å². The Kier molecular flexibility index (Phi) is 4.27. The maximum atomic E-state index is 12.3. The normalized spacial score (nSPS) is 11.0. The van der Waals surface area contributed by atoms with Gasteiger partial charge in [-0.15, -0.1) is 0 Å². The molecule has 1 aromatic heterocycles. The number of Topliss-reactive ketones (excluding diaryl/α,β-unsaturated/α-hetero) is 1. The molecule has 3 rings (SSSR count). The van der Waals surface area contributed by atoms with Gasteiger partial charge in [-0.05, 0) is 36.2 Å². The molecule has 1 N–H and O–H groups in total. The van der Waals surface area contributed by atoms with Crippen LogP contribution in [0.2, 0.25) is 0 Å². The molecule has 21 heavy (non-hydrogen) atoms. The fourth-order valence-electron chi connectivity index (χ4n) is 2.43. The Morgan fingerprint density at radius 3 is 2.71 bits per heavy atom. The third kappa shape index (κ3) is 3.11. The third-order valence-electron chi connectivity index (χ3n) is 3.53. The summed E-state index contributed by atoms with van der Waals surface area (Å²) < 4.78 is 1.91. The summed E-state index contributed by atoms with van der Waals surface area (Å²) in [7, 11) is 0. The van der Waals surface area contributed by atoms with Crippen LogP contribution in [0.25, 0.3) is 10.9 Å². The van der Waals surface area contributed by atoms with Crippen molar-refractivity contribution in [3.63, 3.8) is 0 Å². The molecule has 1 heterocycles. The van der Waals surface area contributed by atoms with Gasteiger partial charge in [-0.1, -0.05) is 50.1 Å². The summed E-state index contributed by atoms with van der Waals surface area (Å²) in [6, 6.07) is 13.7. The Morgan fingerprint density at radius 2 is 1.90 bits per heavy atom.